The Labute approximate surface area is 66.0 Å². The van der Waals surface area contributed by atoms with E-state index < -0.39 is 11.4 Å². The predicted octanol–water partition coefficient (Wildman–Crippen LogP) is 2.53. The van der Waals surface area contributed by atoms with Gasteiger partial charge in [0.1, 0.15) is 0 Å². The molecule has 0 radical (unpaired) electrons. The van der Waals surface area contributed by atoms with E-state index in [1.165, 1.54) is 0 Å². The molecule has 0 aliphatic carbocycles. The Balaban J connectivity index is -0.0000000450. The molecule has 0 unspecified atom stereocenters. The molecule has 0 aliphatic heterocycles. The molecule has 0 aromatic rings. The Hall–Kier alpha value is 1.98. The number of hydrogen-bond acceptors (Lipinski definition) is 0. The maximum absolute atomic E-state index is 4.94. The quantitative estimate of drug-likeness (QED) is 0.534. The fourth-order valence-electron chi connectivity index (χ4n) is 0. The SMILES string of the molecule is Cl.Cl.[Cl][Al]([Cl])[Cl]. The minimum Gasteiger partial charge on any atom is -0.214 e. The molecule has 0 saturated heterocycles. The van der Waals surface area contributed by atoms with E-state index in [2.05, 4.69) is 0 Å². The van der Waals surface area contributed by atoms with Crippen LogP contribution >= 0.6 is 55.0 Å². The summed E-state index contributed by atoms with van der Waals surface area (Å²) >= 11 is -1.72. The molecule has 0 atom stereocenters. The van der Waals surface area contributed by atoms with Crippen LogP contribution in [0.4, 0.5) is 0 Å². The number of rotatable bonds is 0. The Morgan fingerprint density at radius 1 is 0.833 bits per heavy atom. The van der Waals surface area contributed by atoms with Crippen molar-refractivity contribution in [1.82, 2.24) is 0 Å². The monoisotopic (exact) mass is 204 g/mol. The van der Waals surface area contributed by atoms with E-state index >= 15 is 0 Å². The molecule has 0 bridgehead atoms. The average Bonchev–Trinajstić information content (AvgIpc) is 0.811. The normalized spacial score (nSPS) is 4.50. The van der Waals surface area contributed by atoms with Crippen molar-refractivity contribution in [3.8, 4) is 0 Å². The molecule has 6 heavy (non-hydrogen) atoms. The highest BCUT2D eigenvalue weighted by atomic mass is 35.8. The van der Waals surface area contributed by atoms with Crippen molar-refractivity contribution in [2.75, 3.05) is 0 Å². The van der Waals surface area contributed by atoms with E-state index in [9.17, 15) is 0 Å². The third-order valence-electron chi connectivity index (χ3n) is 0. The summed E-state index contributed by atoms with van der Waals surface area (Å²) in [5.74, 6) is 0. The highest BCUT2D eigenvalue weighted by Crippen LogP contribution is 1.97. The van der Waals surface area contributed by atoms with Crippen LogP contribution in [0.3, 0.4) is 0 Å². The second-order valence-electron chi connectivity index (χ2n) is 0.247. The van der Waals surface area contributed by atoms with Gasteiger partial charge in [-0.15, -0.1) is 24.8 Å². The fraction of sp³-hybridized carbons (Fsp3) is 0. The Kier molecular flexibility index (Phi) is 26.3. The molecule has 0 N–H and O–H groups in total. The zero-order valence-electron chi connectivity index (χ0n) is 2.53. The summed E-state index contributed by atoms with van der Waals surface area (Å²) in [5.41, 5.74) is 0. The second-order valence-corrected chi connectivity index (χ2v) is 6.68. The van der Waals surface area contributed by atoms with Gasteiger partial charge >= 0.3 is 11.4 Å². The van der Waals surface area contributed by atoms with Crippen molar-refractivity contribution >= 4 is 66.3 Å². The van der Waals surface area contributed by atoms with Crippen LogP contribution in [0.1, 0.15) is 0 Å². The van der Waals surface area contributed by atoms with Crippen molar-refractivity contribution in [1.29, 1.82) is 0 Å². The van der Waals surface area contributed by atoms with Crippen LogP contribution in [0.5, 0.6) is 0 Å². The van der Waals surface area contributed by atoms with Gasteiger partial charge in [0.15, 0.2) is 0 Å². The predicted molar refractivity (Wildman–Crippen MR) is 37.8 cm³/mol. The smallest absolute Gasteiger partial charge is 0.214 e. The number of hydrogen-bond donors (Lipinski definition) is 0. The lowest BCUT2D eigenvalue weighted by molar-refractivity contribution is 4.07. The first-order valence-electron chi connectivity index (χ1n) is 0.655. The van der Waals surface area contributed by atoms with E-state index in [1.807, 2.05) is 0 Å². The van der Waals surface area contributed by atoms with Gasteiger partial charge in [0.05, 0.1) is 0 Å². The molecule has 0 nitrogen and oxygen atoms in total. The lowest BCUT2D eigenvalue weighted by atomic mass is 26.6. The van der Waals surface area contributed by atoms with Crippen LogP contribution in [0.15, 0.2) is 0 Å². The minimum absolute atomic E-state index is 0. The minimum atomic E-state index is -1.72. The molecule has 40 valence electrons. The van der Waals surface area contributed by atoms with Crippen molar-refractivity contribution in [2.24, 2.45) is 0 Å². The lowest BCUT2D eigenvalue weighted by Crippen LogP contribution is -1.66. The summed E-state index contributed by atoms with van der Waals surface area (Å²) in [6.45, 7) is 0. The Bertz CT molecular complexity index is 8.66. The highest BCUT2D eigenvalue weighted by molar-refractivity contribution is 7.54. The molecule has 0 saturated carbocycles. The van der Waals surface area contributed by atoms with Gasteiger partial charge in [-0.05, 0) is 0 Å². The van der Waals surface area contributed by atoms with Gasteiger partial charge in [-0.3, -0.25) is 0 Å². The van der Waals surface area contributed by atoms with Gasteiger partial charge < -0.3 is 0 Å². The molecule has 0 spiro atoms. The van der Waals surface area contributed by atoms with Gasteiger partial charge in [0, 0.05) is 0 Å². The van der Waals surface area contributed by atoms with Gasteiger partial charge in [-0.2, -0.15) is 0 Å². The van der Waals surface area contributed by atoms with E-state index in [4.69, 9.17) is 30.1 Å². The Morgan fingerprint density at radius 3 is 0.833 bits per heavy atom. The van der Waals surface area contributed by atoms with Gasteiger partial charge in [-0.1, -0.05) is 0 Å². The molecule has 0 amide bonds. The maximum Gasteiger partial charge on any atom is 0.643 e. The van der Waals surface area contributed by atoms with Crippen molar-refractivity contribution in [2.45, 2.75) is 0 Å². The molecule has 0 aromatic carbocycles. The van der Waals surface area contributed by atoms with Crippen LogP contribution < -0.4 is 0 Å². The highest BCUT2D eigenvalue weighted by Gasteiger charge is 2.00. The van der Waals surface area contributed by atoms with Crippen LogP contribution in [-0.4, -0.2) is 11.4 Å². The van der Waals surface area contributed by atoms with Crippen LogP contribution in [-0.2, 0) is 0 Å². The summed E-state index contributed by atoms with van der Waals surface area (Å²) in [7, 11) is 14.8. The van der Waals surface area contributed by atoms with Crippen molar-refractivity contribution < 1.29 is 0 Å². The third-order valence-corrected chi connectivity index (χ3v) is 0. The Morgan fingerprint density at radius 2 is 0.833 bits per heavy atom. The van der Waals surface area contributed by atoms with E-state index in [0.29, 0.717) is 0 Å². The molecule has 0 aliphatic rings. The maximum atomic E-state index is 4.94. The topological polar surface area (TPSA) is 0 Å². The average molecular weight is 206 g/mol. The summed E-state index contributed by atoms with van der Waals surface area (Å²) in [6, 6.07) is 0. The fourth-order valence-corrected chi connectivity index (χ4v) is 0. The van der Waals surface area contributed by atoms with E-state index in [0.717, 1.165) is 0 Å². The first-order valence-corrected chi connectivity index (χ1v) is 5.89. The number of halogens is 5. The van der Waals surface area contributed by atoms with Gasteiger partial charge in [0.2, 0.25) is 0 Å². The molecular formula is H2AlCl5. The van der Waals surface area contributed by atoms with Gasteiger partial charge in [-0.25, -0.2) is 30.1 Å². The summed E-state index contributed by atoms with van der Waals surface area (Å²) < 4.78 is 0. The zero-order chi connectivity index (χ0) is 3.58. The van der Waals surface area contributed by atoms with Crippen LogP contribution in [0.25, 0.3) is 0 Å². The second kappa shape index (κ2) is 10.1. The molecule has 6 heteroatoms. The lowest BCUT2D eigenvalue weighted by Gasteiger charge is -1.57. The first kappa shape index (κ1) is 15.7. The molecular weight excluding hydrogens is 204 g/mol. The van der Waals surface area contributed by atoms with E-state index in [-0.39, 0.29) is 24.8 Å². The summed E-state index contributed by atoms with van der Waals surface area (Å²) in [5, 5.41) is 0. The molecule has 0 aromatic heterocycles. The van der Waals surface area contributed by atoms with Crippen molar-refractivity contribution in [3.63, 3.8) is 0 Å². The summed E-state index contributed by atoms with van der Waals surface area (Å²) in [4.78, 5) is 0. The first-order chi connectivity index (χ1) is 1.73. The third kappa shape index (κ3) is 37.8. The standard InChI is InChI=1S/Al.5ClH/h;5*1H/q+3;;;;;/p-3. The molecule has 0 fully saturated rings. The zero-order valence-corrected chi connectivity index (χ0v) is 7.58. The molecule has 0 rings (SSSR count). The molecule has 0 heterocycles. The largest absolute Gasteiger partial charge is 0.643 e. The van der Waals surface area contributed by atoms with Crippen molar-refractivity contribution in [3.05, 3.63) is 0 Å². The van der Waals surface area contributed by atoms with Crippen LogP contribution in [0, 0.1) is 0 Å². The van der Waals surface area contributed by atoms with E-state index in [1.54, 1.807) is 0 Å². The van der Waals surface area contributed by atoms with Gasteiger partial charge in [0.25, 0.3) is 0 Å². The van der Waals surface area contributed by atoms with Crippen LogP contribution in [0.2, 0.25) is 0 Å². The summed E-state index contributed by atoms with van der Waals surface area (Å²) in [6.07, 6.45) is 0.